The molecule has 3 rings (SSSR count). The number of likely N-dealkylation sites (N-methyl/N-ethyl adjacent to an activating group) is 1. The summed E-state index contributed by atoms with van der Waals surface area (Å²) in [5, 5.41) is 15.0. The van der Waals surface area contributed by atoms with Gasteiger partial charge in [0.25, 0.3) is 24.6 Å². The van der Waals surface area contributed by atoms with E-state index in [0.29, 0.717) is 23.1 Å². The zero-order valence-electron chi connectivity index (χ0n) is 19.9. The van der Waals surface area contributed by atoms with Gasteiger partial charge in [-0.25, -0.2) is 9.18 Å². The quantitative estimate of drug-likeness (QED) is 0.107. The number of oxime groups is 1. The molecule has 0 aromatic carbocycles. The first-order valence-electron chi connectivity index (χ1n) is 10.9. The lowest BCUT2D eigenvalue weighted by molar-refractivity contribution is -0.894. The van der Waals surface area contributed by atoms with Crippen molar-refractivity contribution in [2.45, 2.75) is 18.3 Å². The summed E-state index contributed by atoms with van der Waals surface area (Å²) in [6, 6.07) is -1.07. The molecule has 0 aliphatic carbocycles. The highest BCUT2D eigenvalue weighted by molar-refractivity contribution is 8.00. The second-order valence-corrected chi connectivity index (χ2v) is 10.2. The molecule has 6 N–H and O–H groups in total. The first-order chi connectivity index (χ1) is 17.5. The lowest BCUT2D eigenvalue weighted by Crippen LogP contribution is -2.71. The average molecular weight is 558 g/mol. The number of carbonyl (C=O) groups excluding carboxylic acids is 3. The van der Waals surface area contributed by atoms with E-state index < -0.39 is 47.7 Å². The maximum absolute atomic E-state index is 12.9. The number of nitrogen functional groups attached to an aromatic ring is 1. The van der Waals surface area contributed by atoms with E-state index in [1.54, 1.807) is 12.2 Å². The Bertz CT molecular complexity index is 1190. The lowest BCUT2D eigenvalue weighted by Gasteiger charge is -2.49. The third kappa shape index (κ3) is 6.23. The van der Waals surface area contributed by atoms with Gasteiger partial charge in [0.05, 0.1) is 20.1 Å². The fourth-order valence-corrected chi connectivity index (χ4v) is 5.47. The van der Waals surface area contributed by atoms with Crippen LogP contribution >= 0.6 is 23.3 Å². The van der Waals surface area contributed by atoms with Gasteiger partial charge in [0, 0.05) is 17.3 Å². The number of hydrogen-bond donors (Lipinski definition) is 4. The predicted molar refractivity (Wildman–Crippen MR) is 132 cm³/mol. The molecule has 3 amide bonds. The minimum atomic E-state index is -1.31. The van der Waals surface area contributed by atoms with E-state index in [4.69, 9.17) is 11.5 Å². The van der Waals surface area contributed by atoms with E-state index in [0.717, 1.165) is 16.4 Å². The summed E-state index contributed by atoms with van der Waals surface area (Å²) < 4.78 is 16.7. The Hall–Kier alpha value is -3.57. The van der Waals surface area contributed by atoms with Crippen molar-refractivity contribution < 1.29 is 38.0 Å². The van der Waals surface area contributed by atoms with Gasteiger partial charge in [-0.3, -0.25) is 19.3 Å². The number of carboxylic acid groups (broad SMARTS) is 1. The number of aliphatic carboxylic acids is 1. The number of alkyl halides is 1. The van der Waals surface area contributed by atoms with Gasteiger partial charge < -0.3 is 31.2 Å². The Balaban J connectivity index is 1.76. The van der Waals surface area contributed by atoms with Crippen LogP contribution in [0.1, 0.15) is 12.7 Å². The molecule has 2 aliphatic rings. The molecule has 37 heavy (non-hydrogen) atoms. The van der Waals surface area contributed by atoms with E-state index in [1.807, 2.05) is 14.0 Å². The number of carboxylic acids is 1. The number of nitrogens with two attached hydrogens (primary N) is 2. The molecule has 0 spiro atoms. The van der Waals surface area contributed by atoms with Gasteiger partial charge in [-0.15, -0.1) is 11.8 Å². The average Bonchev–Trinajstić information content (AvgIpc) is 3.27. The number of allylic oxidation sites excluding steroid dienone is 1. The van der Waals surface area contributed by atoms with Crippen molar-refractivity contribution in [1.29, 1.82) is 0 Å². The lowest BCUT2D eigenvalue weighted by atomic mass is 10.0. The predicted octanol–water partition coefficient (Wildman–Crippen LogP) is -0.985. The largest absolute Gasteiger partial charge is 0.477 e. The number of fused-ring (bicyclic) bond motifs is 1. The number of anilines is 1. The Morgan fingerprint density at radius 2 is 2.16 bits per heavy atom. The van der Waals surface area contributed by atoms with Crippen molar-refractivity contribution >= 4 is 57.8 Å². The molecule has 0 radical (unpaired) electrons. The normalized spacial score (nSPS) is 21.3. The number of carbonyl (C=O) groups is 4. The number of nitrogens with zero attached hydrogens (tertiary/aromatic N) is 5. The number of quaternary nitrogens is 1. The number of nitrogens with one attached hydrogen (secondary N) is 1. The molecular weight excluding hydrogens is 531 g/mol. The van der Waals surface area contributed by atoms with Crippen molar-refractivity contribution in [2.24, 2.45) is 10.9 Å². The van der Waals surface area contributed by atoms with Crippen LogP contribution in [0.15, 0.2) is 28.6 Å². The minimum Gasteiger partial charge on any atom is -0.477 e. The molecule has 1 saturated heterocycles. The van der Waals surface area contributed by atoms with Crippen LogP contribution in [0.3, 0.4) is 0 Å². The fraction of sp³-hybridized carbons (Fsp3) is 0.450. The van der Waals surface area contributed by atoms with Gasteiger partial charge in [-0.1, -0.05) is 11.2 Å². The molecule has 1 fully saturated rings. The van der Waals surface area contributed by atoms with Crippen molar-refractivity contribution in [2.75, 3.05) is 45.0 Å². The minimum absolute atomic E-state index is 0.0361. The highest BCUT2D eigenvalue weighted by Gasteiger charge is 2.54. The van der Waals surface area contributed by atoms with Gasteiger partial charge in [-0.05, 0) is 18.6 Å². The number of hydrogen-bond acceptors (Lipinski definition) is 11. The third-order valence-corrected chi connectivity index (χ3v) is 7.57. The third-order valence-electron chi connectivity index (χ3n) is 5.73. The Kier molecular flexibility index (Phi) is 8.82. The summed E-state index contributed by atoms with van der Waals surface area (Å²) in [6.45, 7) is 1.78. The van der Waals surface area contributed by atoms with Crippen LogP contribution in [0, 0.1) is 0 Å². The van der Waals surface area contributed by atoms with Crippen molar-refractivity contribution in [3.63, 3.8) is 0 Å². The number of primary amides is 1. The van der Waals surface area contributed by atoms with Crippen molar-refractivity contribution in [1.82, 2.24) is 19.6 Å². The molecular formula is C20H26FN8O6S2+. The highest BCUT2D eigenvalue weighted by Crippen LogP contribution is 2.40. The van der Waals surface area contributed by atoms with E-state index in [-0.39, 0.29) is 29.0 Å². The van der Waals surface area contributed by atoms with Gasteiger partial charge in [0.2, 0.25) is 11.5 Å². The number of rotatable bonds is 12. The Labute approximate surface area is 218 Å². The molecule has 1 aromatic rings. The van der Waals surface area contributed by atoms with Crippen LogP contribution in [-0.4, -0.2) is 104 Å². The van der Waals surface area contributed by atoms with Crippen LogP contribution < -0.4 is 16.8 Å². The molecule has 3 heterocycles. The number of amides is 3. The van der Waals surface area contributed by atoms with Crippen molar-refractivity contribution in [3.8, 4) is 0 Å². The Morgan fingerprint density at radius 3 is 2.73 bits per heavy atom. The monoisotopic (exact) mass is 557 g/mol. The second kappa shape index (κ2) is 11.7. The molecule has 0 unspecified atom stereocenters. The second-order valence-electron chi connectivity index (χ2n) is 8.32. The molecule has 0 saturated carbocycles. The van der Waals surface area contributed by atoms with Crippen LogP contribution in [0.25, 0.3) is 0 Å². The molecule has 14 nitrogen and oxygen atoms in total. The molecule has 2 aliphatic heterocycles. The summed E-state index contributed by atoms with van der Waals surface area (Å²) in [6.07, 6.45) is 3.37. The molecule has 0 bridgehead atoms. The van der Waals surface area contributed by atoms with E-state index in [9.17, 15) is 28.7 Å². The van der Waals surface area contributed by atoms with Gasteiger partial charge in [0.15, 0.2) is 11.7 Å². The summed E-state index contributed by atoms with van der Waals surface area (Å²) in [4.78, 5) is 58.4. The number of halogens is 1. The van der Waals surface area contributed by atoms with Crippen LogP contribution in [0.2, 0.25) is 0 Å². The molecule has 1 aromatic heterocycles. The molecule has 200 valence electrons. The first-order valence-corrected chi connectivity index (χ1v) is 12.7. The van der Waals surface area contributed by atoms with E-state index in [2.05, 4.69) is 24.7 Å². The van der Waals surface area contributed by atoms with E-state index >= 15 is 0 Å². The number of aromatic nitrogens is 2. The smallest absolute Gasteiger partial charge is 0.352 e. The maximum Gasteiger partial charge on any atom is 0.352 e. The SMILES string of the molecule is CC[N@@+](C)(C/C=C/C1=C(C(=O)O)N2C(=O)[C@@H](NC(=O)/C(=N/OCF)c3nsc(N)n3)[C@H]2SC1)CC(N)=O. The van der Waals surface area contributed by atoms with Crippen LogP contribution in [0.5, 0.6) is 0 Å². The topological polar surface area (TPSA) is 203 Å². The summed E-state index contributed by atoms with van der Waals surface area (Å²) >= 11 is 2.04. The number of β-lactam (4-membered cyclic amide) rings is 1. The van der Waals surface area contributed by atoms with Crippen LogP contribution in [-0.2, 0) is 24.0 Å². The molecule has 17 heteroatoms. The van der Waals surface area contributed by atoms with Gasteiger partial charge in [-0.2, -0.15) is 9.36 Å². The number of thioether (sulfide) groups is 1. The summed E-state index contributed by atoms with van der Waals surface area (Å²) in [5.74, 6) is -3.26. The van der Waals surface area contributed by atoms with Crippen molar-refractivity contribution in [3.05, 3.63) is 29.2 Å². The van der Waals surface area contributed by atoms with Gasteiger partial charge >= 0.3 is 5.97 Å². The van der Waals surface area contributed by atoms with Gasteiger partial charge in [0.1, 0.15) is 17.1 Å². The van der Waals surface area contributed by atoms with E-state index in [1.165, 1.54) is 11.8 Å². The maximum atomic E-state index is 12.9. The Morgan fingerprint density at radius 1 is 1.43 bits per heavy atom. The van der Waals surface area contributed by atoms with Crippen LogP contribution in [0.4, 0.5) is 9.52 Å². The fourth-order valence-electron chi connectivity index (χ4n) is 3.72. The standard InChI is InChI=1S/C20H25FN8O6S2/c1-3-29(2,7-11(22)30)6-4-5-10-8-36-18-13(17(32)28(18)14(10)19(33)34)24-16(31)12(26-35-9-21)15-25-20(23)37-27-15/h4-5,13,18H,3,6-9H2,1-2H3,(H5-,22,23,24,25,27,30,31,33,34)/p+1/b5-4+,26-12+/t13-,18-,29+/m1/s1. The first kappa shape index (κ1) is 28.0. The summed E-state index contributed by atoms with van der Waals surface area (Å²) in [5.41, 5.74) is 10.6. The zero-order valence-corrected chi connectivity index (χ0v) is 21.6. The molecule has 3 atom stereocenters. The summed E-state index contributed by atoms with van der Waals surface area (Å²) in [7, 11) is 1.85. The highest BCUT2D eigenvalue weighted by atomic mass is 32.2. The zero-order chi connectivity index (χ0) is 27.3.